The number of alkyl halides is 6. The fourth-order valence-electron chi connectivity index (χ4n) is 2.38. The SMILES string of the molecule is COCCOCCOCCOCCc1sc[n+](CCOCCOC)c1C.O=S(=O)([N-]S(=O)(=O)C(F)(F)F)C(F)(F)F. The molecule has 12 nitrogen and oxygen atoms in total. The van der Waals surface area contributed by atoms with Crippen LogP contribution in [0, 0.1) is 6.92 Å². The number of methoxy groups -OCH3 is 2. The summed E-state index contributed by atoms with van der Waals surface area (Å²) in [7, 11) is -10.1. The molecule has 0 saturated carbocycles. The molecule has 1 heterocycles. The third kappa shape index (κ3) is 16.9. The largest absolute Gasteiger partial charge is 0.480 e. The Bertz CT molecular complexity index is 1010. The van der Waals surface area contributed by atoms with Crippen molar-refractivity contribution in [3.8, 4) is 0 Å². The van der Waals surface area contributed by atoms with Gasteiger partial charge in [-0.25, -0.2) is 16.8 Å². The smallest absolute Gasteiger partial charge is 0.421 e. The van der Waals surface area contributed by atoms with Crippen molar-refractivity contribution in [3.63, 3.8) is 0 Å². The Labute approximate surface area is 238 Å². The first-order valence-corrected chi connectivity index (χ1v) is 15.4. The molecule has 0 N–H and O–H groups in total. The van der Waals surface area contributed by atoms with E-state index in [9.17, 15) is 43.2 Å². The highest BCUT2D eigenvalue weighted by Crippen LogP contribution is 2.36. The zero-order valence-electron chi connectivity index (χ0n) is 22.5. The van der Waals surface area contributed by atoms with Gasteiger partial charge in [-0.05, 0) is 0 Å². The van der Waals surface area contributed by atoms with Crippen LogP contribution in [0.25, 0.3) is 4.13 Å². The number of aromatic nitrogens is 1. The third-order valence-corrected chi connectivity index (χ3v) is 8.38. The highest BCUT2D eigenvalue weighted by Gasteiger charge is 2.46. The molecule has 0 saturated heterocycles. The first-order valence-electron chi connectivity index (χ1n) is 11.6. The quantitative estimate of drug-likeness (QED) is 0.115. The summed E-state index contributed by atoms with van der Waals surface area (Å²) in [6, 6.07) is 0. The fourth-order valence-corrected chi connectivity index (χ4v) is 5.10. The van der Waals surface area contributed by atoms with Crippen molar-refractivity contribution in [1.82, 2.24) is 0 Å². The second-order valence-corrected chi connectivity index (χ2v) is 11.9. The summed E-state index contributed by atoms with van der Waals surface area (Å²) in [4.78, 5) is 1.36. The van der Waals surface area contributed by atoms with E-state index >= 15 is 0 Å². The number of thiazole rings is 1. The van der Waals surface area contributed by atoms with Gasteiger partial charge in [-0.1, -0.05) is 11.3 Å². The summed E-state index contributed by atoms with van der Waals surface area (Å²) in [5.74, 6) is 0. The first-order chi connectivity index (χ1) is 19.0. The van der Waals surface area contributed by atoms with E-state index < -0.39 is 31.1 Å². The van der Waals surface area contributed by atoms with Crippen LogP contribution in [0.4, 0.5) is 26.3 Å². The summed E-state index contributed by atoms with van der Waals surface area (Å²) in [6.45, 7) is 9.31. The van der Waals surface area contributed by atoms with Gasteiger partial charge in [-0.15, -0.1) is 0 Å². The van der Waals surface area contributed by atoms with Crippen LogP contribution in [0.15, 0.2) is 5.51 Å². The van der Waals surface area contributed by atoms with Gasteiger partial charge >= 0.3 is 11.0 Å². The number of halogens is 6. The van der Waals surface area contributed by atoms with Crippen LogP contribution in [0.3, 0.4) is 0 Å². The minimum atomic E-state index is -6.72. The Morgan fingerprint density at radius 1 is 0.707 bits per heavy atom. The van der Waals surface area contributed by atoms with Gasteiger partial charge in [-0.3, -0.25) is 0 Å². The van der Waals surface area contributed by atoms with E-state index in [2.05, 4.69) is 17.0 Å². The van der Waals surface area contributed by atoms with Crippen LogP contribution in [0.2, 0.25) is 0 Å². The number of hydrogen-bond donors (Lipinski definition) is 0. The van der Waals surface area contributed by atoms with E-state index in [0.29, 0.717) is 66.1 Å². The highest BCUT2D eigenvalue weighted by molar-refractivity contribution is 8.13. The molecule has 0 fully saturated rings. The van der Waals surface area contributed by atoms with Crippen LogP contribution in [0.1, 0.15) is 10.6 Å². The number of nitrogens with zero attached hydrogens (tertiary/aromatic N) is 2. The molecular weight excluding hydrogens is 638 g/mol. The molecule has 0 radical (unpaired) electrons. The fraction of sp³-hybridized carbons (Fsp3) is 0.850. The molecule has 1 aromatic rings. The standard InChI is InChI=1S/C18H34NO6S.C2F6NO4S2/c1-17-18(26-16-19(17)5-7-23-10-8-20-2)4-6-22-12-13-25-15-14-24-11-9-21-3;3-1(4,5)14(10,11)9-15(12,13)2(6,7)8/h16H,4-15H2,1-3H3;/q+1;-1. The molecule has 0 atom stereocenters. The Kier molecular flexibility index (Phi) is 19.3. The lowest BCUT2D eigenvalue weighted by Crippen LogP contribution is -2.37. The highest BCUT2D eigenvalue weighted by atomic mass is 32.3. The van der Waals surface area contributed by atoms with Crippen LogP contribution < -0.4 is 4.57 Å². The lowest BCUT2D eigenvalue weighted by molar-refractivity contribution is -0.699. The van der Waals surface area contributed by atoms with Crippen molar-refractivity contribution in [1.29, 1.82) is 0 Å². The van der Waals surface area contributed by atoms with Crippen molar-refractivity contribution in [2.45, 2.75) is 30.9 Å². The van der Waals surface area contributed by atoms with E-state index in [1.807, 2.05) is 0 Å². The van der Waals surface area contributed by atoms with Gasteiger partial charge in [0.1, 0.15) is 6.61 Å². The average molecular weight is 673 g/mol. The molecule has 0 spiro atoms. The van der Waals surface area contributed by atoms with Crippen LogP contribution in [-0.2, 0) is 61.4 Å². The van der Waals surface area contributed by atoms with E-state index in [0.717, 1.165) is 17.1 Å². The Morgan fingerprint density at radius 3 is 1.51 bits per heavy atom. The summed E-state index contributed by atoms with van der Waals surface area (Å²) < 4.78 is 143. The van der Waals surface area contributed by atoms with Crippen molar-refractivity contribution in [2.24, 2.45) is 0 Å². The van der Waals surface area contributed by atoms with Crippen molar-refractivity contribution in [2.75, 3.05) is 80.3 Å². The number of hydrogen-bond acceptors (Lipinski definition) is 11. The van der Waals surface area contributed by atoms with E-state index in [4.69, 9.17) is 28.4 Å². The Hall–Kier alpha value is -1.17. The Balaban J connectivity index is 0.000000909. The second-order valence-electron chi connectivity index (χ2n) is 7.53. The summed E-state index contributed by atoms with van der Waals surface area (Å²) in [6.07, 6.45) is 0.925. The molecule has 244 valence electrons. The van der Waals surface area contributed by atoms with E-state index in [1.165, 1.54) is 10.6 Å². The zero-order chi connectivity index (χ0) is 31.6. The molecule has 1 aromatic heterocycles. The van der Waals surface area contributed by atoms with Gasteiger partial charge in [-0.2, -0.15) is 30.9 Å². The lowest BCUT2D eigenvalue weighted by atomic mass is 10.3. The van der Waals surface area contributed by atoms with E-state index in [-0.39, 0.29) is 0 Å². The third-order valence-electron chi connectivity index (χ3n) is 4.50. The molecule has 1 rings (SSSR count). The van der Waals surface area contributed by atoms with Gasteiger partial charge in [0.05, 0.1) is 64.3 Å². The maximum absolute atomic E-state index is 11.4. The van der Waals surface area contributed by atoms with Gasteiger partial charge in [0.2, 0.25) is 5.51 Å². The van der Waals surface area contributed by atoms with Gasteiger partial charge in [0, 0.05) is 27.6 Å². The van der Waals surface area contributed by atoms with Crippen LogP contribution in [-0.4, -0.2) is 108 Å². The number of rotatable bonds is 20. The molecule has 0 aliphatic rings. The second kappa shape index (κ2) is 19.9. The predicted molar refractivity (Wildman–Crippen MR) is 133 cm³/mol. The predicted octanol–water partition coefficient (Wildman–Crippen LogP) is 2.31. The molecule has 0 unspecified atom stereocenters. The summed E-state index contributed by atoms with van der Waals surface area (Å²) >= 11 is 1.77. The van der Waals surface area contributed by atoms with Crippen LogP contribution >= 0.6 is 11.3 Å². The zero-order valence-corrected chi connectivity index (χ0v) is 25.0. The minimum absolute atomic E-state index is 0.587. The maximum Gasteiger partial charge on any atom is 0.480 e. The maximum atomic E-state index is 11.4. The molecule has 21 heteroatoms. The van der Waals surface area contributed by atoms with Gasteiger partial charge in [0.15, 0.2) is 32.3 Å². The molecule has 41 heavy (non-hydrogen) atoms. The van der Waals surface area contributed by atoms with Gasteiger partial charge in [0.25, 0.3) is 0 Å². The first kappa shape index (κ1) is 39.8. The number of ether oxygens (including phenoxy) is 6. The minimum Gasteiger partial charge on any atom is -0.421 e. The van der Waals surface area contributed by atoms with Gasteiger partial charge < -0.3 is 32.5 Å². The molecule has 0 aliphatic heterocycles. The molecule has 0 aromatic carbocycles. The molecule has 0 aliphatic carbocycles. The van der Waals surface area contributed by atoms with Crippen molar-refractivity contribution >= 4 is 31.4 Å². The van der Waals surface area contributed by atoms with Crippen molar-refractivity contribution in [3.05, 3.63) is 20.2 Å². The molecular formula is C20H34F6N2O10S3. The Morgan fingerprint density at radius 2 is 1.10 bits per heavy atom. The summed E-state index contributed by atoms with van der Waals surface area (Å²) in [5.41, 5.74) is -8.97. The normalized spacial score (nSPS) is 12.8. The number of sulfonamides is 2. The molecule has 0 bridgehead atoms. The average Bonchev–Trinajstić information content (AvgIpc) is 3.20. The monoisotopic (exact) mass is 672 g/mol. The van der Waals surface area contributed by atoms with Crippen LogP contribution in [0.5, 0.6) is 0 Å². The molecule has 0 amide bonds. The van der Waals surface area contributed by atoms with E-state index in [1.54, 1.807) is 25.6 Å². The lowest BCUT2D eigenvalue weighted by Gasteiger charge is -2.22. The van der Waals surface area contributed by atoms with Crippen molar-refractivity contribution < 1.29 is 76.2 Å². The topological polar surface area (TPSA) is 142 Å². The summed E-state index contributed by atoms with van der Waals surface area (Å²) in [5, 5.41) is 0.